The molecule has 1 aromatic carbocycles. The van der Waals surface area contributed by atoms with Crippen LogP contribution in [0.25, 0.3) is 0 Å². The molecule has 4 heteroatoms. The van der Waals surface area contributed by atoms with Gasteiger partial charge >= 0.3 is 0 Å². The maximum Gasteiger partial charge on any atom is 0.271 e. The van der Waals surface area contributed by atoms with E-state index in [4.69, 9.17) is 0 Å². The molecule has 1 N–H and O–H groups in total. The third-order valence-corrected chi connectivity index (χ3v) is 4.18. The van der Waals surface area contributed by atoms with Crippen molar-refractivity contribution in [1.29, 1.82) is 0 Å². The molecular formula is C18H21N3O. The zero-order valence-corrected chi connectivity index (χ0v) is 12.8. The van der Waals surface area contributed by atoms with Gasteiger partial charge in [0.1, 0.15) is 0 Å². The van der Waals surface area contributed by atoms with Crippen LogP contribution in [0, 0.1) is 6.92 Å². The Morgan fingerprint density at radius 2 is 1.95 bits per heavy atom. The minimum Gasteiger partial charge on any atom is -0.351 e. The number of rotatable bonds is 4. The Balaban J connectivity index is 1.57. The molecule has 1 amide bonds. The second kappa shape index (κ2) is 6.60. The van der Waals surface area contributed by atoms with Crippen molar-refractivity contribution in [2.45, 2.75) is 38.6 Å². The lowest BCUT2D eigenvalue weighted by Crippen LogP contribution is -2.17. The van der Waals surface area contributed by atoms with Crippen molar-refractivity contribution in [2.75, 3.05) is 0 Å². The topological polar surface area (TPSA) is 46.4 Å². The van der Waals surface area contributed by atoms with E-state index < -0.39 is 0 Å². The van der Waals surface area contributed by atoms with Crippen LogP contribution in [0.1, 0.15) is 53.2 Å². The summed E-state index contributed by atoms with van der Waals surface area (Å²) in [7, 11) is 0. The van der Waals surface area contributed by atoms with Gasteiger partial charge in [0.25, 0.3) is 5.91 Å². The fraction of sp³-hybridized carbons (Fsp3) is 0.333. The second-order valence-corrected chi connectivity index (χ2v) is 5.90. The van der Waals surface area contributed by atoms with Gasteiger partial charge < -0.3 is 4.57 Å². The van der Waals surface area contributed by atoms with E-state index in [2.05, 4.69) is 27.5 Å². The summed E-state index contributed by atoms with van der Waals surface area (Å²) in [5.74, 6) is -0.188. The number of nitrogens with zero attached hydrogens (tertiary/aromatic N) is 2. The third kappa shape index (κ3) is 3.45. The summed E-state index contributed by atoms with van der Waals surface area (Å²) < 4.78 is 2.26. The lowest BCUT2D eigenvalue weighted by molar-refractivity contribution is 0.0955. The van der Waals surface area contributed by atoms with E-state index in [9.17, 15) is 4.79 Å². The fourth-order valence-corrected chi connectivity index (χ4v) is 2.87. The van der Waals surface area contributed by atoms with Crippen molar-refractivity contribution in [1.82, 2.24) is 9.99 Å². The van der Waals surface area contributed by atoms with Crippen LogP contribution < -0.4 is 5.43 Å². The summed E-state index contributed by atoms with van der Waals surface area (Å²) in [6, 6.07) is 10.1. The van der Waals surface area contributed by atoms with Crippen LogP contribution >= 0.6 is 0 Å². The molecule has 1 aliphatic carbocycles. The number of aromatic nitrogens is 1. The first-order chi connectivity index (χ1) is 10.7. The minimum absolute atomic E-state index is 0.188. The first-order valence-electron chi connectivity index (χ1n) is 7.80. The van der Waals surface area contributed by atoms with Crippen LogP contribution in [-0.2, 0) is 0 Å². The Labute approximate surface area is 130 Å². The molecular weight excluding hydrogens is 274 g/mol. The Kier molecular flexibility index (Phi) is 4.37. The smallest absolute Gasteiger partial charge is 0.271 e. The van der Waals surface area contributed by atoms with Crippen LogP contribution in [0.2, 0.25) is 0 Å². The Bertz CT molecular complexity index is 664. The number of nitrogens with one attached hydrogen (secondary N) is 1. The molecule has 1 aliphatic rings. The van der Waals surface area contributed by atoms with Crippen molar-refractivity contribution >= 4 is 12.1 Å². The number of carbonyl (C=O) groups excluding carboxylic acids is 1. The highest BCUT2D eigenvalue weighted by Gasteiger charge is 2.15. The molecule has 4 nitrogen and oxygen atoms in total. The van der Waals surface area contributed by atoms with Gasteiger partial charge in [-0.1, -0.05) is 30.5 Å². The molecule has 0 saturated heterocycles. The normalized spacial score (nSPS) is 15.5. The molecule has 1 heterocycles. The van der Waals surface area contributed by atoms with Crippen LogP contribution in [0.15, 0.2) is 47.8 Å². The van der Waals surface area contributed by atoms with Crippen LogP contribution in [0.4, 0.5) is 0 Å². The summed E-state index contributed by atoms with van der Waals surface area (Å²) in [4.78, 5) is 11.9. The SMILES string of the molecule is Cc1ccc(C(=O)N/N=C\c2ccn(C3CCCC3)c2)cc1. The standard InChI is InChI=1S/C18H21N3O/c1-14-6-8-16(9-7-14)18(22)20-19-12-15-10-11-21(13-15)17-4-2-3-5-17/h6-13,17H,2-5H2,1H3,(H,20,22)/b19-12-. The molecule has 22 heavy (non-hydrogen) atoms. The molecule has 0 radical (unpaired) electrons. The maximum absolute atomic E-state index is 11.9. The van der Waals surface area contributed by atoms with Crippen molar-refractivity contribution in [3.05, 3.63) is 59.4 Å². The van der Waals surface area contributed by atoms with Crippen molar-refractivity contribution in [3.8, 4) is 0 Å². The maximum atomic E-state index is 11.9. The lowest BCUT2D eigenvalue weighted by atomic mass is 10.1. The van der Waals surface area contributed by atoms with Gasteiger partial charge in [-0.3, -0.25) is 4.79 Å². The zero-order chi connectivity index (χ0) is 15.4. The summed E-state index contributed by atoms with van der Waals surface area (Å²) in [5, 5.41) is 4.04. The lowest BCUT2D eigenvalue weighted by Gasteiger charge is -2.10. The third-order valence-electron chi connectivity index (χ3n) is 4.18. The first-order valence-corrected chi connectivity index (χ1v) is 7.80. The first kappa shape index (κ1) is 14.6. The largest absolute Gasteiger partial charge is 0.351 e. The monoisotopic (exact) mass is 295 g/mol. The van der Waals surface area contributed by atoms with E-state index in [1.807, 2.05) is 25.1 Å². The van der Waals surface area contributed by atoms with Crippen LogP contribution in [0.3, 0.4) is 0 Å². The number of amides is 1. The highest BCUT2D eigenvalue weighted by molar-refractivity contribution is 5.94. The van der Waals surface area contributed by atoms with Crippen molar-refractivity contribution in [3.63, 3.8) is 0 Å². The number of carbonyl (C=O) groups is 1. The molecule has 0 aliphatic heterocycles. The fourth-order valence-electron chi connectivity index (χ4n) is 2.87. The van der Waals surface area contributed by atoms with E-state index in [1.54, 1.807) is 18.3 Å². The minimum atomic E-state index is -0.188. The number of hydrazone groups is 1. The van der Waals surface area contributed by atoms with Gasteiger partial charge in [-0.25, -0.2) is 5.43 Å². The number of benzene rings is 1. The Morgan fingerprint density at radius 1 is 1.23 bits per heavy atom. The van der Waals surface area contributed by atoms with E-state index in [0.29, 0.717) is 11.6 Å². The summed E-state index contributed by atoms with van der Waals surface area (Å²) in [6.07, 6.45) is 11.0. The number of hydrogen-bond acceptors (Lipinski definition) is 2. The van der Waals surface area contributed by atoms with Crippen molar-refractivity contribution < 1.29 is 4.79 Å². The molecule has 0 atom stereocenters. The van der Waals surface area contributed by atoms with E-state index in [0.717, 1.165) is 11.1 Å². The predicted molar refractivity (Wildman–Crippen MR) is 88.2 cm³/mol. The average Bonchev–Trinajstić information content (AvgIpc) is 3.19. The molecule has 114 valence electrons. The summed E-state index contributed by atoms with van der Waals surface area (Å²) >= 11 is 0. The molecule has 0 spiro atoms. The average molecular weight is 295 g/mol. The summed E-state index contributed by atoms with van der Waals surface area (Å²) in [6.45, 7) is 1.99. The van der Waals surface area contributed by atoms with Gasteiger partial charge in [0.05, 0.1) is 6.21 Å². The molecule has 3 rings (SSSR count). The van der Waals surface area contributed by atoms with Gasteiger partial charge in [0, 0.05) is 29.6 Å². The van der Waals surface area contributed by atoms with Gasteiger partial charge in [-0.15, -0.1) is 0 Å². The van der Waals surface area contributed by atoms with E-state index in [1.165, 1.54) is 25.7 Å². The highest BCUT2D eigenvalue weighted by Crippen LogP contribution is 2.29. The molecule has 0 bridgehead atoms. The van der Waals surface area contributed by atoms with Gasteiger partial charge in [-0.2, -0.15) is 5.10 Å². The van der Waals surface area contributed by atoms with E-state index in [-0.39, 0.29) is 5.91 Å². The molecule has 1 aromatic heterocycles. The van der Waals surface area contributed by atoms with Crippen LogP contribution in [0.5, 0.6) is 0 Å². The number of hydrogen-bond donors (Lipinski definition) is 1. The molecule has 1 fully saturated rings. The molecule has 0 unspecified atom stereocenters. The Hall–Kier alpha value is -2.36. The van der Waals surface area contributed by atoms with E-state index >= 15 is 0 Å². The van der Waals surface area contributed by atoms with Crippen molar-refractivity contribution in [2.24, 2.45) is 5.10 Å². The summed E-state index contributed by atoms with van der Waals surface area (Å²) in [5.41, 5.74) is 5.33. The van der Waals surface area contributed by atoms with Crippen LogP contribution in [-0.4, -0.2) is 16.7 Å². The molecule has 2 aromatic rings. The number of aryl methyl sites for hydroxylation is 1. The molecule has 1 saturated carbocycles. The Morgan fingerprint density at radius 3 is 2.68 bits per heavy atom. The van der Waals surface area contributed by atoms with Gasteiger partial charge in [-0.05, 0) is 38.0 Å². The second-order valence-electron chi connectivity index (χ2n) is 5.90. The van der Waals surface area contributed by atoms with Gasteiger partial charge in [0.2, 0.25) is 0 Å². The predicted octanol–water partition coefficient (Wildman–Crippen LogP) is 3.68. The van der Waals surface area contributed by atoms with Gasteiger partial charge in [0.15, 0.2) is 0 Å². The zero-order valence-electron chi connectivity index (χ0n) is 12.8. The highest BCUT2D eigenvalue weighted by atomic mass is 16.2. The quantitative estimate of drug-likeness (QED) is 0.679.